The van der Waals surface area contributed by atoms with Gasteiger partial charge in [0.15, 0.2) is 0 Å². The van der Waals surface area contributed by atoms with Gasteiger partial charge in [0.25, 0.3) is 0 Å². The third-order valence-corrected chi connectivity index (χ3v) is 6.79. The Balaban J connectivity index is 1.53. The molecular weight excluding hydrogens is 444 g/mol. The Bertz CT molecular complexity index is 1000. The van der Waals surface area contributed by atoms with E-state index in [1.54, 1.807) is 0 Å². The number of aliphatic carboxylic acids is 1. The highest BCUT2D eigenvalue weighted by molar-refractivity contribution is 5.79. The lowest BCUT2D eigenvalue weighted by molar-refractivity contribution is -0.138. The molecule has 35 heavy (non-hydrogen) atoms. The zero-order valence-electron chi connectivity index (χ0n) is 20.9. The van der Waals surface area contributed by atoms with Gasteiger partial charge in [-0.25, -0.2) is 4.79 Å². The minimum atomic E-state index is -0.943. The summed E-state index contributed by atoms with van der Waals surface area (Å²) in [7, 11) is 0. The number of carbonyl (C=O) groups is 3. The summed E-state index contributed by atoms with van der Waals surface area (Å²) in [6.45, 7) is 8.28. The highest BCUT2D eigenvalue weighted by Crippen LogP contribution is 2.44. The lowest BCUT2D eigenvalue weighted by Crippen LogP contribution is -2.42. The first-order valence-corrected chi connectivity index (χ1v) is 12.3. The zero-order chi connectivity index (χ0) is 25.5. The smallest absolute Gasteiger partial charge is 0.407 e. The van der Waals surface area contributed by atoms with Crippen molar-refractivity contribution in [3.63, 3.8) is 0 Å². The second kappa shape index (κ2) is 11.9. The van der Waals surface area contributed by atoms with Crippen molar-refractivity contribution in [1.29, 1.82) is 0 Å². The van der Waals surface area contributed by atoms with Crippen molar-refractivity contribution in [2.24, 2.45) is 17.8 Å². The van der Waals surface area contributed by atoms with E-state index in [4.69, 9.17) is 9.84 Å². The lowest BCUT2D eigenvalue weighted by Gasteiger charge is -2.24. The van der Waals surface area contributed by atoms with Crippen molar-refractivity contribution < 1.29 is 24.2 Å². The Hall–Kier alpha value is -3.35. The van der Waals surface area contributed by atoms with Crippen molar-refractivity contribution in [3.05, 3.63) is 59.7 Å². The van der Waals surface area contributed by atoms with E-state index in [-0.39, 0.29) is 49.0 Å². The number of fused-ring (bicyclic) bond motifs is 3. The van der Waals surface area contributed by atoms with Crippen LogP contribution in [0.2, 0.25) is 0 Å². The fraction of sp³-hybridized carbons (Fsp3) is 0.464. The molecule has 0 spiro atoms. The van der Waals surface area contributed by atoms with Gasteiger partial charge in [0, 0.05) is 24.9 Å². The largest absolute Gasteiger partial charge is 0.481 e. The molecule has 3 rings (SSSR count). The molecule has 7 heteroatoms. The Morgan fingerprint density at radius 3 is 1.97 bits per heavy atom. The standard InChI is InChI=1S/C28H36N2O5/c1-17(2)19(13-26(31)30-25(18(3)4)14-27(32)33)15-29-28(34)35-16-24-22-11-7-5-9-20(22)21-10-6-8-12-23(21)24/h5-12,17-19,24-25H,13-16H2,1-4H3,(H,29,34)(H,30,31)(H,32,33)/t19?,25-/m1/s1. The van der Waals surface area contributed by atoms with E-state index in [1.807, 2.05) is 52.0 Å². The number of carboxylic acids is 1. The van der Waals surface area contributed by atoms with Gasteiger partial charge in [-0.2, -0.15) is 0 Å². The molecule has 1 aliphatic carbocycles. The van der Waals surface area contributed by atoms with Crippen molar-refractivity contribution >= 4 is 18.0 Å². The van der Waals surface area contributed by atoms with Gasteiger partial charge in [0.1, 0.15) is 6.61 Å². The molecular formula is C28H36N2O5. The van der Waals surface area contributed by atoms with Crippen molar-refractivity contribution in [1.82, 2.24) is 10.6 Å². The maximum absolute atomic E-state index is 12.6. The van der Waals surface area contributed by atoms with Crippen LogP contribution in [0.5, 0.6) is 0 Å². The Morgan fingerprint density at radius 1 is 0.886 bits per heavy atom. The van der Waals surface area contributed by atoms with E-state index in [0.717, 1.165) is 11.1 Å². The first-order valence-electron chi connectivity index (χ1n) is 12.3. The second-order valence-electron chi connectivity index (χ2n) is 9.93. The molecule has 3 N–H and O–H groups in total. The quantitative estimate of drug-likeness (QED) is 0.428. The third-order valence-electron chi connectivity index (χ3n) is 6.79. The molecule has 0 heterocycles. The zero-order valence-corrected chi connectivity index (χ0v) is 20.9. The van der Waals surface area contributed by atoms with Crippen LogP contribution in [-0.2, 0) is 14.3 Å². The molecule has 1 unspecified atom stereocenters. The minimum absolute atomic E-state index is 0.00602. The van der Waals surface area contributed by atoms with Gasteiger partial charge in [-0.1, -0.05) is 76.2 Å². The minimum Gasteiger partial charge on any atom is -0.481 e. The molecule has 2 atom stereocenters. The van der Waals surface area contributed by atoms with Crippen LogP contribution in [0.3, 0.4) is 0 Å². The first kappa shape index (κ1) is 26.3. The molecule has 0 bridgehead atoms. The summed E-state index contributed by atoms with van der Waals surface area (Å²) in [6.07, 6.45) is -0.429. The molecule has 0 saturated carbocycles. The Morgan fingerprint density at radius 2 is 1.46 bits per heavy atom. The fourth-order valence-electron chi connectivity index (χ4n) is 4.55. The fourth-order valence-corrected chi connectivity index (χ4v) is 4.55. The average molecular weight is 481 g/mol. The van der Waals surface area contributed by atoms with Crippen LogP contribution in [0.15, 0.2) is 48.5 Å². The highest BCUT2D eigenvalue weighted by Gasteiger charge is 2.29. The molecule has 0 aromatic heterocycles. The van der Waals surface area contributed by atoms with Gasteiger partial charge < -0.3 is 20.5 Å². The van der Waals surface area contributed by atoms with Crippen molar-refractivity contribution in [2.75, 3.05) is 13.2 Å². The molecule has 0 aliphatic heterocycles. The molecule has 2 aromatic rings. The van der Waals surface area contributed by atoms with E-state index in [9.17, 15) is 14.4 Å². The van der Waals surface area contributed by atoms with E-state index in [0.29, 0.717) is 6.54 Å². The number of hydrogen-bond acceptors (Lipinski definition) is 4. The van der Waals surface area contributed by atoms with Gasteiger partial charge in [-0.05, 0) is 40.0 Å². The number of carbonyl (C=O) groups excluding carboxylic acids is 2. The Kier molecular flexibility index (Phi) is 8.90. The number of rotatable bonds is 11. The summed E-state index contributed by atoms with van der Waals surface area (Å²) >= 11 is 0. The van der Waals surface area contributed by atoms with Gasteiger partial charge in [0.05, 0.1) is 6.42 Å². The first-order chi connectivity index (χ1) is 16.7. The normalized spacial score (nSPS) is 14.2. The van der Waals surface area contributed by atoms with E-state index < -0.39 is 18.1 Å². The Labute approximate surface area is 207 Å². The summed E-state index contributed by atoms with van der Waals surface area (Å²) < 4.78 is 5.60. The molecule has 0 radical (unpaired) electrons. The van der Waals surface area contributed by atoms with Crippen molar-refractivity contribution in [2.45, 2.75) is 52.5 Å². The summed E-state index contributed by atoms with van der Waals surface area (Å²) in [5.41, 5.74) is 4.65. The molecule has 7 nitrogen and oxygen atoms in total. The summed E-state index contributed by atoms with van der Waals surface area (Å²) in [5.74, 6) is -1.12. The number of ether oxygens (including phenoxy) is 1. The molecule has 0 fully saturated rings. The van der Waals surface area contributed by atoms with Crippen LogP contribution in [0.4, 0.5) is 4.79 Å². The van der Waals surface area contributed by atoms with Crippen LogP contribution < -0.4 is 10.6 Å². The van der Waals surface area contributed by atoms with Crippen molar-refractivity contribution in [3.8, 4) is 11.1 Å². The van der Waals surface area contributed by atoms with Gasteiger partial charge in [0.2, 0.25) is 5.91 Å². The number of hydrogen-bond donors (Lipinski definition) is 3. The molecule has 2 aromatic carbocycles. The number of nitrogens with one attached hydrogen (secondary N) is 2. The summed E-state index contributed by atoms with van der Waals surface area (Å²) in [6, 6.07) is 15.9. The van der Waals surface area contributed by atoms with E-state index in [1.165, 1.54) is 11.1 Å². The van der Waals surface area contributed by atoms with Crippen LogP contribution in [0, 0.1) is 17.8 Å². The number of carboxylic acid groups (broad SMARTS) is 1. The number of benzene rings is 2. The van der Waals surface area contributed by atoms with Crippen LogP contribution in [0.25, 0.3) is 11.1 Å². The van der Waals surface area contributed by atoms with E-state index >= 15 is 0 Å². The lowest BCUT2D eigenvalue weighted by atomic mass is 9.91. The van der Waals surface area contributed by atoms with E-state index in [2.05, 4.69) is 34.9 Å². The molecule has 188 valence electrons. The van der Waals surface area contributed by atoms with Gasteiger partial charge in [-0.3, -0.25) is 9.59 Å². The average Bonchev–Trinajstić information content (AvgIpc) is 3.13. The monoisotopic (exact) mass is 480 g/mol. The number of alkyl carbamates (subject to hydrolysis) is 1. The van der Waals surface area contributed by atoms with Crippen LogP contribution in [-0.4, -0.2) is 42.3 Å². The predicted molar refractivity (Wildman–Crippen MR) is 135 cm³/mol. The van der Waals surface area contributed by atoms with Crippen LogP contribution in [0.1, 0.15) is 57.6 Å². The summed E-state index contributed by atoms with van der Waals surface area (Å²) in [5, 5.41) is 14.7. The SMILES string of the molecule is CC(C)C(CNC(=O)OCC1c2ccccc2-c2ccccc21)CC(=O)N[C@H](CC(=O)O)C(C)C. The molecule has 1 aliphatic rings. The van der Waals surface area contributed by atoms with Crippen LogP contribution >= 0.6 is 0 Å². The van der Waals surface area contributed by atoms with Gasteiger partial charge >= 0.3 is 12.1 Å². The third kappa shape index (κ3) is 6.84. The maximum atomic E-state index is 12.6. The second-order valence-corrected chi connectivity index (χ2v) is 9.93. The predicted octanol–water partition coefficient (Wildman–Crippen LogP) is 4.80. The highest BCUT2D eigenvalue weighted by atomic mass is 16.5. The topological polar surface area (TPSA) is 105 Å². The number of amides is 2. The summed E-state index contributed by atoms with van der Waals surface area (Å²) in [4.78, 5) is 36.2. The maximum Gasteiger partial charge on any atom is 0.407 e. The molecule has 2 amide bonds. The van der Waals surface area contributed by atoms with Gasteiger partial charge in [-0.15, -0.1) is 0 Å². The molecule has 0 saturated heterocycles.